The number of hydrogen-bond acceptors (Lipinski definition) is 2. The van der Waals surface area contributed by atoms with E-state index in [1.165, 1.54) is 18.2 Å². The van der Waals surface area contributed by atoms with Gasteiger partial charge in [0.2, 0.25) is 0 Å². The summed E-state index contributed by atoms with van der Waals surface area (Å²) in [6.45, 7) is 1.94. The summed E-state index contributed by atoms with van der Waals surface area (Å²) in [5, 5.41) is 0. The van der Waals surface area contributed by atoms with Crippen molar-refractivity contribution in [2.75, 3.05) is 0 Å². The average Bonchev–Trinajstić information content (AvgIpc) is 1.97. The van der Waals surface area contributed by atoms with Gasteiger partial charge in [0.25, 0.3) is 0 Å². The van der Waals surface area contributed by atoms with Crippen molar-refractivity contribution in [3.05, 3.63) is 24.3 Å². The summed E-state index contributed by atoms with van der Waals surface area (Å²) < 4.78 is 0. The molecule has 2 nitrogen and oxygen atoms in total. The van der Waals surface area contributed by atoms with Gasteiger partial charge in [-0.05, 0) is 24.6 Å². The molecule has 0 saturated heterocycles. The molecule has 0 aliphatic carbocycles. The lowest BCUT2D eigenvalue weighted by molar-refractivity contribution is -0.111. The smallest absolute Gasteiger partial charge is 0.178 e. The van der Waals surface area contributed by atoms with Crippen LogP contribution >= 0.6 is 0 Å². The van der Waals surface area contributed by atoms with Crippen LogP contribution in [0.3, 0.4) is 0 Å². The number of ketones is 1. The van der Waals surface area contributed by atoms with Crippen LogP contribution in [0.4, 0.5) is 0 Å². The van der Waals surface area contributed by atoms with Crippen molar-refractivity contribution in [1.82, 2.24) is 0 Å². The number of rotatable bonds is 4. The molecule has 0 aliphatic rings. The van der Waals surface area contributed by atoms with E-state index in [2.05, 4.69) is 0 Å². The summed E-state index contributed by atoms with van der Waals surface area (Å²) in [6, 6.07) is 0. The summed E-state index contributed by atoms with van der Waals surface area (Å²) >= 11 is 0. The van der Waals surface area contributed by atoms with Crippen molar-refractivity contribution < 1.29 is 9.59 Å². The Bertz CT molecular complexity index is 166. The van der Waals surface area contributed by atoms with Gasteiger partial charge in [0.1, 0.15) is 6.29 Å². The number of carbonyl (C=O) groups excluding carboxylic acids is 2. The lowest BCUT2D eigenvalue weighted by atomic mass is 10.3. The Morgan fingerprint density at radius 1 is 1.40 bits per heavy atom. The van der Waals surface area contributed by atoms with Crippen LogP contribution in [0.2, 0.25) is 0 Å². The van der Waals surface area contributed by atoms with Gasteiger partial charge in [0, 0.05) is 0 Å². The number of allylic oxidation sites excluding steroid dienone is 4. The molecule has 0 heterocycles. The van der Waals surface area contributed by atoms with E-state index in [1.54, 1.807) is 6.08 Å². The third-order valence-corrected chi connectivity index (χ3v) is 0.857. The maximum absolute atomic E-state index is 10.6. The van der Waals surface area contributed by atoms with E-state index in [0.717, 1.165) is 6.42 Å². The number of hydrogen-bond donors (Lipinski definition) is 0. The van der Waals surface area contributed by atoms with Gasteiger partial charge in [-0.1, -0.05) is 13.0 Å². The lowest BCUT2D eigenvalue weighted by Crippen LogP contribution is -1.83. The standard InChI is InChI=1S/C8H10O2/c1-2-3-5-8(10)6-4-7-9/h3-7H,2H2,1H3. The minimum atomic E-state index is -0.144. The molecule has 0 bridgehead atoms. The van der Waals surface area contributed by atoms with E-state index in [0.29, 0.717) is 6.29 Å². The topological polar surface area (TPSA) is 34.1 Å². The van der Waals surface area contributed by atoms with Crippen molar-refractivity contribution in [2.45, 2.75) is 13.3 Å². The second-order valence-corrected chi connectivity index (χ2v) is 1.71. The van der Waals surface area contributed by atoms with Crippen molar-refractivity contribution in [2.24, 2.45) is 0 Å². The molecule has 0 spiro atoms. The number of aldehydes is 1. The van der Waals surface area contributed by atoms with Crippen molar-refractivity contribution >= 4 is 12.1 Å². The van der Waals surface area contributed by atoms with E-state index in [1.807, 2.05) is 6.92 Å². The molecule has 0 atom stereocenters. The van der Waals surface area contributed by atoms with E-state index in [9.17, 15) is 9.59 Å². The minimum absolute atomic E-state index is 0.144. The van der Waals surface area contributed by atoms with E-state index >= 15 is 0 Å². The normalized spacial score (nSPS) is 10.9. The molecule has 0 saturated carbocycles. The molecule has 10 heavy (non-hydrogen) atoms. The van der Waals surface area contributed by atoms with Gasteiger partial charge >= 0.3 is 0 Å². The highest BCUT2D eigenvalue weighted by molar-refractivity contribution is 6.00. The second-order valence-electron chi connectivity index (χ2n) is 1.71. The molecule has 0 amide bonds. The van der Waals surface area contributed by atoms with Crippen LogP contribution < -0.4 is 0 Å². The monoisotopic (exact) mass is 138 g/mol. The number of carbonyl (C=O) groups is 2. The summed E-state index contributed by atoms with van der Waals surface area (Å²) in [5.74, 6) is -0.144. The molecule has 0 aromatic carbocycles. The molecule has 0 rings (SSSR count). The van der Waals surface area contributed by atoms with Crippen LogP contribution in [0.1, 0.15) is 13.3 Å². The quantitative estimate of drug-likeness (QED) is 0.433. The highest BCUT2D eigenvalue weighted by Gasteiger charge is 1.83. The average molecular weight is 138 g/mol. The van der Waals surface area contributed by atoms with Gasteiger partial charge in [-0.15, -0.1) is 0 Å². The van der Waals surface area contributed by atoms with Crippen LogP contribution in [-0.4, -0.2) is 12.1 Å². The Labute approximate surface area is 60.2 Å². The highest BCUT2D eigenvalue weighted by Crippen LogP contribution is 1.82. The van der Waals surface area contributed by atoms with Gasteiger partial charge in [0.15, 0.2) is 5.78 Å². The summed E-state index contributed by atoms with van der Waals surface area (Å²) in [4.78, 5) is 20.3. The summed E-state index contributed by atoms with van der Waals surface area (Å²) in [7, 11) is 0. The first kappa shape index (κ1) is 8.82. The molecule has 0 radical (unpaired) electrons. The van der Waals surface area contributed by atoms with Crippen LogP contribution in [0.5, 0.6) is 0 Å². The van der Waals surface area contributed by atoms with Crippen molar-refractivity contribution in [1.29, 1.82) is 0 Å². The molecule has 0 N–H and O–H groups in total. The second kappa shape index (κ2) is 5.95. The molecule has 54 valence electrons. The molecule has 0 aliphatic heterocycles. The first-order valence-electron chi connectivity index (χ1n) is 3.13. The van der Waals surface area contributed by atoms with Crippen LogP contribution in [0.25, 0.3) is 0 Å². The zero-order valence-corrected chi connectivity index (χ0v) is 5.91. The minimum Gasteiger partial charge on any atom is -0.299 e. The molecule has 0 fully saturated rings. The summed E-state index contributed by atoms with van der Waals surface area (Å²) in [5.41, 5.74) is 0. The van der Waals surface area contributed by atoms with Crippen molar-refractivity contribution in [3.8, 4) is 0 Å². The van der Waals surface area contributed by atoms with Crippen LogP contribution in [0.15, 0.2) is 24.3 Å². The largest absolute Gasteiger partial charge is 0.299 e. The molecule has 0 unspecified atom stereocenters. The first-order valence-corrected chi connectivity index (χ1v) is 3.13. The maximum Gasteiger partial charge on any atom is 0.178 e. The first-order chi connectivity index (χ1) is 4.81. The fourth-order valence-corrected chi connectivity index (χ4v) is 0.424. The fourth-order valence-electron chi connectivity index (χ4n) is 0.424. The predicted octanol–water partition coefficient (Wildman–Crippen LogP) is 1.28. The third kappa shape index (κ3) is 4.97. The fraction of sp³-hybridized carbons (Fsp3) is 0.250. The SMILES string of the molecule is CCC=CC(=O)C=CC=O. The molecular formula is C8H10O2. The molecular weight excluding hydrogens is 128 g/mol. The predicted molar refractivity (Wildman–Crippen MR) is 39.6 cm³/mol. The molecule has 2 heteroatoms. The summed E-state index contributed by atoms with van der Waals surface area (Å²) in [6.07, 6.45) is 7.03. The van der Waals surface area contributed by atoms with Gasteiger partial charge < -0.3 is 0 Å². The van der Waals surface area contributed by atoms with Gasteiger partial charge in [-0.25, -0.2) is 0 Å². The van der Waals surface area contributed by atoms with Gasteiger partial charge in [0.05, 0.1) is 0 Å². The van der Waals surface area contributed by atoms with E-state index in [4.69, 9.17) is 0 Å². The Morgan fingerprint density at radius 2 is 2.10 bits per heavy atom. The highest BCUT2D eigenvalue weighted by atomic mass is 16.1. The van der Waals surface area contributed by atoms with Gasteiger partial charge in [-0.2, -0.15) is 0 Å². The Kier molecular flexibility index (Phi) is 5.25. The molecule has 0 aromatic rings. The Hall–Kier alpha value is -1.18. The van der Waals surface area contributed by atoms with Gasteiger partial charge in [-0.3, -0.25) is 9.59 Å². The van der Waals surface area contributed by atoms with E-state index in [-0.39, 0.29) is 5.78 Å². The Balaban J connectivity index is 3.74. The zero-order valence-electron chi connectivity index (χ0n) is 5.91. The van der Waals surface area contributed by atoms with Crippen LogP contribution in [0, 0.1) is 0 Å². The third-order valence-electron chi connectivity index (χ3n) is 0.857. The zero-order chi connectivity index (χ0) is 7.82. The van der Waals surface area contributed by atoms with Crippen molar-refractivity contribution in [3.63, 3.8) is 0 Å². The van der Waals surface area contributed by atoms with Crippen LogP contribution in [-0.2, 0) is 9.59 Å². The maximum atomic E-state index is 10.6. The Morgan fingerprint density at radius 3 is 2.60 bits per heavy atom. The van der Waals surface area contributed by atoms with E-state index < -0.39 is 0 Å². The lowest BCUT2D eigenvalue weighted by Gasteiger charge is -1.78. The molecule has 0 aromatic heterocycles.